The van der Waals surface area contributed by atoms with Gasteiger partial charge in [-0.3, -0.25) is 9.59 Å². The third kappa shape index (κ3) is 6.51. The van der Waals surface area contributed by atoms with E-state index in [1.807, 2.05) is 91.0 Å². The lowest BCUT2D eigenvalue weighted by Gasteiger charge is -2.29. The second-order valence-electron chi connectivity index (χ2n) is 12.7. The number of hydrogen-bond donors (Lipinski definition) is 3. The quantitative estimate of drug-likeness (QED) is 0.160. The molecule has 50 heavy (non-hydrogen) atoms. The summed E-state index contributed by atoms with van der Waals surface area (Å²) >= 11 is 0. The SMILES string of the molecule is O=C(Nc1ccc(Nc2ncnc3ccccc23)cc1)C(Cc1ccccc1)N1Cc2ccc(-c3ccc(N4CCNCC4)cc3)cc2C1=O. The lowest BCUT2D eigenvalue weighted by Crippen LogP contribution is -2.45. The molecule has 1 fully saturated rings. The molecule has 8 rings (SSSR count). The third-order valence-electron chi connectivity index (χ3n) is 9.53. The first-order valence-electron chi connectivity index (χ1n) is 17.0. The number of carbonyl (C=O) groups is 2. The molecule has 1 saturated heterocycles. The average molecular weight is 660 g/mol. The van der Waals surface area contributed by atoms with Crippen molar-refractivity contribution in [1.29, 1.82) is 0 Å². The van der Waals surface area contributed by atoms with E-state index in [9.17, 15) is 9.59 Å². The Morgan fingerprint density at radius 1 is 0.780 bits per heavy atom. The Bertz CT molecular complexity index is 2140. The number of anilines is 4. The van der Waals surface area contributed by atoms with Gasteiger partial charge in [-0.1, -0.05) is 66.7 Å². The Labute approximate surface area is 291 Å². The molecule has 9 nitrogen and oxygen atoms in total. The monoisotopic (exact) mass is 659 g/mol. The first-order chi connectivity index (χ1) is 24.6. The van der Waals surface area contributed by atoms with E-state index in [-0.39, 0.29) is 11.8 Å². The summed E-state index contributed by atoms with van der Waals surface area (Å²) in [5.41, 5.74) is 8.13. The van der Waals surface area contributed by atoms with Gasteiger partial charge in [0.2, 0.25) is 5.91 Å². The van der Waals surface area contributed by atoms with Crippen molar-refractivity contribution < 1.29 is 9.59 Å². The van der Waals surface area contributed by atoms with Crippen molar-refractivity contribution in [3.63, 3.8) is 0 Å². The number of hydrogen-bond acceptors (Lipinski definition) is 7. The molecule has 1 unspecified atom stereocenters. The molecule has 248 valence electrons. The van der Waals surface area contributed by atoms with Crippen molar-refractivity contribution in [3.05, 3.63) is 144 Å². The number of rotatable bonds is 9. The molecule has 0 radical (unpaired) electrons. The third-order valence-corrected chi connectivity index (χ3v) is 9.53. The van der Waals surface area contributed by atoms with Crippen LogP contribution in [0.4, 0.5) is 22.9 Å². The van der Waals surface area contributed by atoms with Crippen LogP contribution in [-0.2, 0) is 17.8 Å². The summed E-state index contributed by atoms with van der Waals surface area (Å²) in [6.07, 6.45) is 1.93. The van der Waals surface area contributed by atoms with Crippen LogP contribution < -0.4 is 20.9 Å². The lowest BCUT2D eigenvalue weighted by molar-refractivity contribution is -0.120. The van der Waals surface area contributed by atoms with Gasteiger partial charge in [0.25, 0.3) is 5.91 Å². The number of amides is 2. The Morgan fingerprint density at radius 3 is 2.30 bits per heavy atom. The fourth-order valence-electron chi connectivity index (χ4n) is 6.83. The zero-order valence-electron chi connectivity index (χ0n) is 27.5. The number of aromatic nitrogens is 2. The highest BCUT2D eigenvalue weighted by Crippen LogP contribution is 2.32. The predicted octanol–water partition coefficient (Wildman–Crippen LogP) is 6.66. The summed E-state index contributed by atoms with van der Waals surface area (Å²) in [5, 5.41) is 10.8. The standard InChI is InChI=1S/C41H37N7O2/c49-40(46-33-16-14-32(15-17-33)45-39-35-8-4-5-9-37(35)43-27-44-39)38(24-28-6-2-1-3-7-28)48-26-31-11-10-30(25-36(31)41(48)50)29-12-18-34(19-13-29)47-22-20-42-21-23-47/h1-19,25,27,38,42H,20-24,26H2,(H,46,49)(H,43,44,45). The maximum atomic E-state index is 14.1. The predicted molar refractivity (Wildman–Crippen MR) is 199 cm³/mol. The van der Waals surface area contributed by atoms with Crippen LogP contribution in [0.1, 0.15) is 21.5 Å². The summed E-state index contributed by atoms with van der Waals surface area (Å²) in [6, 6.07) is 39.1. The van der Waals surface area contributed by atoms with Gasteiger partial charge in [0.15, 0.2) is 0 Å². The van der Waals surface area contributed by atoms with Gasteiger partial charge in [-0.05, 0) is 76.9 Å². The second-order valence-corrected chi connectivity index (χ2v) is 12.7. The van der Waals surface area contributed by atoms with Gasteiger partial charge in [0, 0.05) is 67.2 Å². The molecule has 0 saturated carbocycles. The molecule has 2 aliphatic rings. The fraction of sp³-hybridized carbons (Fsp3) is 0.171. The molecular weight excluding hydrogens is 622 g/mol. The molecule has 0 spiro atoms. The van der Waals surface area contributed by atoms with Crippen molar-refractivity contribution in [1.82, 2.24) is 20.2 Å². The molecule has 6 aromatic rings. The van der Waals surface area contributed by atoms with Crippen LogP contribution in [0.15, 0.2) is 128 Å². The van der Waals surface area contributed by atoms with Crippen molar-refractivity contribution in [3.8, 4) is 11.1 Å². The molecule has 0 bridgehead atoms. The van der Waals surface area contributed by atoms with Crippen LogP contribution in [0.3, 0.4) is 0 Å². The molecule has 2 amide bonds. The second kappa shape index (κ2) is 13.8. The van der Waals surface area contributed by atoms with E-state index in [1.54, 1.807) is 4.90 Å². The number of nitrogens with zero attached hydrogens (tertiary/aromatic N) is 4. The van der Waals surface area contributed by atoms with E-state index in [0.717, 1.165) is 65.0 Å². The zero-order valence-corrected chi connectivity index (χ0v) is 27.5. The van der Waals surface area contributed by atoms with Crippen LogP contribution in [-0.4, -0.2) is 58.9 Å². The van der Waals surface area contributed by atoms with Crippen LogP contribution in [0.5, 0.6) is 0 Å². The Morgan fingerprint density at radius 2 is 1.50 bits per heavy atom. The number of carbonyl (C=O) groups excluding carboxylic acids is 2. The summed E-state index contributed by atoms with van der Waals surface area (Å²) in [4.78, 5) is 40.9. The molecule has 3 heterocycles. The molecule has 3 N–H and O–H groups in total. The van der Waals surface area contributed by atoms with Gasteiger partial charge in [-0.15, -0.1) is 0 Å². The topological polar surface area (TPSA) is 102 Å². The first kappa shape index (κ1) is 31.2. The van der Waals surface area contributed by atoms with Crippen LogP contribution in [0, 0.1) is 0 Å². The molecule has 1 atom stereocenters. The van der Waals surface area contributed by atoms with Crippen LogP contribution >= 0.6 is 0 Å². The van der Waals surface area contributed by atoms with Gasteiger partial charge in [0.1, 0.15) is 18.2 Å². The largest absolute Gasteiger partial charge is 0.369 e. The van der Waals surface area contributed by atoms with Gasteiger partial charge in [-0.25, -0.2) is 9.97 Å². The highest BCUT2D eigenvalue weighted by Gasteiger charge is 2.37. The van der Waals surface area contributed by atoms with E-state index in [1.165, 1.54) is 12.0 Å². The Balaban J connectivity index is 0.998. The van der Waals surface area contributed by atoms with Crippen molar-refractivity contribution in [2.24, 2.45) is 0 Å². The Kier molecular flexibility index (Phi) is 8.63. The van der Waals surface area contributed by atoms with E-state index in [0.29, 0.717) is 30.0 Å². The molecule has 1 aromatic heterocycles. The molecule has 5 aromatic carbocycles. The maximum absolute atomic E-state index is 14.1. The van der Waals surface area contributed by atoms with Gasteiger partial charge >= 0.3 is 0 Å². The Hall–Kier alpha value is -6.06. The number of nitrogens with one attached hydrogen (secondary N) is 3. The molecule has 0 aliphatic carbocycles. The minimum Gasteiger partial charge on any atom is -0.369 e. The van der Waals surface area contributed by atoms with E-state index in [4.69, 9.17) is 0 Å². The summed E-state index contributed by atoms with van der Waals surface area (Å²) in [6.45, 7) is 4.33. The number of benzene rings is 5. The summed E-state index contributed by atoms with van der Waals surface area (Å²) < 4.78 is 0. The van der Waals surface area contributed by atoms with Gasteiger partial charge in [-0.2, -0.15) is 0 Å². The first-order valence-corrected chi connectivity index (χ1v) is 17.0. The minimum atomic E-state index is -0.704. The molecule has 2 aliphatic heterocycles. The highest BCUT2D eigenvalue weighted by atomic mass is 16.2. The smallest absolute Gasteiger partial charge is 0.255 e. The molecule has 9 heteroatoms. The zero-order chi connectivity index (χ0) is 33.9. The summed E-state index contributed by atoms with van der Waals surface area (Å²) in [7, 11) is 0. The normalized spacial score (nSPS) is 14.8. The van der Waals surface area contributed by atoms with E-state index >= 15 is 0 Å². The van der Waals surface area contributed by atoms with E-state index < -0.39 is 6.04 Å². The number of piperazine rings is 1. The van der Waals surface area contributed by atoms with Gasteiger partial charge < -0.3 is 25.8 Å². The highest BCUT2D eigenvalue weighted by molar-refractivity contribution is 6.04. The number of fused-ring (bicyclic) bond motifs is 2. The lowest BCUT2D eigenvalue weighted by atomic mass is 10.00. The number of para-hydroxylation sites is 1. The minimum absolute atomic E-state index is 0.132. The van der Waals surface area contributed by atoms with Gasteiger partial charge in [0.05, 0.1) is 5.52 Å². The van der Waals surface area contributed by atoms with Crippen LogP contribution in [0.25, 0.3) is 22.0 Å². The van der Waals surface area contributed by atoms with Crippen LogP contribution in [0.2, 0.25) is 0 Å². The van der Waals surface area contributed by atoms with Crippen molar-refractivity contribution >= 4 is 45.6 Å². The summed E-state index contributed by atoms with van der Waals surface area (Å²) in [5.74, 6) is 0.339. The molecular formula is C41H37N7O2. The maximum Gasteiger partial charge on any atom is 0.255 e. The fourth-order valence-corrected chi connectivity index (χ4v) is 6.83. The average Bonchev–Trinajstić information content (AvgIpc) is 3.50. The van der Waals surface area contributed by atoms with Crippen molar-refractivity contribution in [2.45, 2.75) is 19.0 Å². The van der Waals surface area contributed by atoms with Crippen molar-refractivity contribution in [2.75, 3.05) is 41.7 Å². The van der Waals surface area contributed by atoms with E-state index in [2.05, 4.69) is 61.2 Å².